The van der Waals surface area contributed by atoms with Crippen LogP contribution in [0.3, 0.4) is 0 Å². The van der Waals surface area contributed by atoms with Crippen LogP contribution < -0.4 is 14.8 Å². The highest BCUT2D eigenvalue weighted by atomic mass is 16.5. The van der Waals surface area contributed by atoms with Gasteiger partial charge in [0, 0.05) is 30.1 Å². The van der Waals surface area contributed by atoms with Gasteiger partial charge in [0.1, 0.15) is 11.5 Å². The van der Waals surface area contributed by atoms with Crippen molar-refractivity contribution in [2.45, 2.75) is 19.0 Å². The highest BCUT2D eigenvalue weighted by Crippen LogP contribution is 2.33. The Kier molecular flexibility index (Phi) is 4.09. The van der Waals surface area contributed by atoms with Crippen LogP contribution in [0, 0.1) is 0 Å². The molecule has 0 radical (unpaired) electrons. The van der Waals surface area contributed by atoms with Gasteiger partial charge >= 0.3 is 0 Å². The molecule has 1 aliphatic rings. The first-order valence-electron chi connectivity index (χ1n) is 8.36. The molecule has 3 nitrogen and oxygen atoms in total. The Morgan fingerprint density at radius 1 is 1.04 bits per heavy atom. The lowest BCUT2D eigenvalue weighted by atomic mass is 9.99. The van der Waals surface area contributed by atoms with Gasteiger partial charge in [0.2, 0.25) is 0 Å². The fraction of sp³-hybridized carbons (Fsp3) is 0.238. The Labute approximate surface area is 142 Å². The maximum Gasteiger partial charge on any atom is 0.124 e. The quantitative estimate of drug-likeness (QED) is 0.770. The zero-order valence-electron chi connectivity index (χ0n) is 13.8. The number of hydrogen-bond acceptors (Lipinski definition) is 3. The van der Waals surface area contributed by atoms with E-state index in [0.29, 0.717) is 6.04 Å². The third-order valence-corrected chi connectivity index (χ3v) is 4.70. The molecule has 3 aromatic carbocycles. The Bertz CT molecular complexity index is 859. The number of para-hydroxylation sites is 1. The third kappa shape index (κ3) is 2.72. The number of rotatable bonds is 4. The molecule has 0 fully saturated rings. The highest BCUT2D eigenvalue weighted by Gasteiger charge is 2.21. The molecule has 1 aliphatic heterocycles. The molecule has 0 aliphatic carbocycles. The van der Waals surface area contributed by atoms with Crippen LogP contribution in [0.2, 0.25) is 0 Å². The number of nitrogens with one attached hydrogen (secondary N) is 1. The van der Waals surface area contributed by atoms with Crippen molar-refractivity contribution in [2.75, 3.05) is 13.7 Å². The topological polar surface area (TPSA) is 30.5 Å². The standard InChI is InChI=1S/C21H21NO2/c1-23-20-11-10-15-6-2-3-7-16(15)18(20)14-22-19-12-13-24-21-9-5-4-8-17(19)21/h2-11,19,22H,12-14H2,1H3. The lowest BCUT2D eigenvalue weighted by Crippen LogP contribution is -2.27. The van der Waals surface area contributed by atoms with Gasteiger partial charge in [0.15, 0.2) is 0 Å². The van der Waals surface area contributed by atoms with Crippen molar-refractivity contribution in [3.8, 4) is 11.5 Å². The van der Waals surface area contributed by atoms with Crippen molar-refractivity contribution >= 4 is 10.8 Å². The Hall–Kier alpha value is -2.52. The van der Waals surface area contributed by atoms with Gasteiger partial charge in [0.05, 0.1) is 13.7 Å². The van der Waals surface area contributed by atoms with E-state index in [2.05, 4.69) is 53.8 Å². The summed E-state index contributed by atoms with van der Waals surface area (Å²) in [4.78, 5) is 0. The Morgan fingerprint density at radius 2 is 1.88 bits per heavy atom. The van der Waals surface area contributed by atoms with Crippen LogP contribution in [-0.4, -0.2) is 13.7 Å². The Morgan fingerprint density at radius 3 is 2.79 bits per heavy atom. The molecule has 1 N–H and O–H groups in total. The second kappa shape index (κ2) is 6.54. The minimum Gasteiger partial charge on any atom is -0.496 e. The van der Waals surface area contributed by atoms with E-state index in [1.165, 1.54) is 21.9 Å². The fourth-order valence-corrected chi connectivity index (χ4v) is 3.47. The monoisotopic (exact) mass is 319 g/mol. The van der Waals surface area contributed by atoms with Crippen LogP contribution in [0.1, 0.15) is 23.6 Å². The average molecular weight is 319 g/mol. The summed E-state index contributed by atoms with van der Waals surface area (Å²) in [6.45, 7) is 1.52. The summed E-state index contributed by atoms with van der Waals surface area (Å²) in [5, 5.41) is 6.18. The predicted octanol–water partition coefficient (Wildman–Crippen LogP) is 4.46. The first-order valence-corrected chi connectivity index (χ1v) is 8.36. The van der Waals surface area contributed by atoms with E-state index in [0.717, 1.165) is 31.1 Å². The molecule has 4 rings (SSSR count). The van der Waals surface area contributed by atoms with Crippen molar-refractivity contribution in [1.82, 2.24) is 5.32 Å². The summed E-state index contributed by atoms with van der Waals surface area (Å²) in [5.41, 5.74) is 2.45. The van der Waals surface area contributed by atoms with Crippen molar-refractivity contribution < 1.29 is 9.47 Å². The molecule has 3 aromatic rings. The van der Waals surface area contributed by atoms with Crippen LogP contribution in [0.25, 0.3) is 10.8 Å². The molecule has 0 saturated carbocycles. The van der Waals surface area contributed by atoms with E-state index in [9.17, 15) is 0 Å². The molecule has 24 heavy (non-hydrogen) atoms. The van der Waals surface area contributed by atoms with Gasteiger partial charge in [-0.2, -0.15) is 0 Å². The first kappa shape index (κ1) is 15.0. The molecule has 0 saturated heterocycles. The van der Waals surface area contributed by atoms with Gasteiger partial charge in [0.25, 0.3) is 0 Å². The third-order valence-electron chi connectivity index (χ3n) is 4.70. The largest absolute Gasteiger partial charge is 0.496 e. The minimum atomic E-state index is 0.304. The molecule has 3 heteroatoms. The molecule has 0 spiro atoms. The molecule has 1 atom stereocenters. The minimum absolute atomic E-state index is 0.304. The first-order chi connectivity index (χ1) is 11.9. The molecule has 0 aromatic heterocycles. The predicted molar refractivity (Wildman–Crippen MR) is 96.6 cm³/mol. The van der Waals surface area contributed by atoms with Gasteiger partial charge in [-0.15, -0.1) is 0 Å². The van der Waals surface area contributed by atoms with E-state index < -0.39 is 0 Å². The highest BCUT2D eigenvalue weighted by molar-refractivity contribution is 5.87. The van der Waals surface area contributed by atoms with Crippen LogP contribution in [-0.2, 0) is 6.54 Å². The summed E-state index contributed by atoms with van der Waals surface area (Å²) in [5.74, 6) is 1.92. The van der Waals surface area contributed by atoms with E-state index in [1.807, 2.05) is 12.1 Å². The van der Waals surface area contributed by atoms with E-state index in [-0.39, 0.29) is 0 Å². The van der Waals surface area contributed by atoms with E-state index >= 15 is 0 Å². The smallest absolute Gasteiger partial charge is 0.124 e. The van der Waals surface area contributed by atoms with Crippen LogP contribution in [0.15, 0.2) is 60.7 Å². The van der Waals surface area contributed by atoms with Gasteiger partial charge in [-0.1, -0.05) is 48.5 Å². The molecule has 1 unspecified atom stereocenters. The summed E-state index contributed by atoms with van der Waals surface area (Å²) in [7, 11) is 1.73. The van der Waals surface area contributed by atoms with Crippen LogP contribution in [0.5, 0.6) is 11.5 Å². The molecule has 122 valence electrons. The zero-order valence-corrected chi connectivity index (χ0v) is 13.8. The summed E-state index contributed by atoms with van der Waals surface area (Å²) in [6, 6.07) is 21.2. The zero-order chi connectivity index (χ0) is 16.4. The molecule has 0 amide bonds. The number of methoxy groups -OCH3 is 1. The van der Waals surface area contributed by atoms with Crippen molar-refractivity contribution in [2.24, 2.45) is 0 Å². The van der Waals surface area contributed by atoms with Gasteiger partial charge in [-0.25, -0.2) is 0 Å². The summed E-state index contributed by atoms with van der Waals surface area (Å²) >= 11 is 0. The maximum absolute atomic E-state index is 5.76. The Balaban J connectivity index is 1.64. The van der Waals surface area contributed by atoms with E-state index in [1.54, 1.807) is 7.11 Å². The SMILES string of the molecule is COc1ccc2ccccc2c1CNC1CCOc2ccccc21. The molecular formula is C21H21NO2. The molecular weight excluding hydrogens is 298 g/mol. The van der Waals surface area contributed by atoms with Gasteiger partial charge < -0.3 is 14.8 Å². The second-order valence-electron chi connectivity index (χ2n) is 6.08. The van der Waals surface area contributed by atoms with Crippen molar-refractivity contribution in [3.05, 3.63) is 71.8 Å². The molecule has 0 bridgehead atoms. The van der Waals surface area contributed by atoms with E-state index in [4.69, 9.17) is 9.47 Å². The molecule has 1 heterocycles. The van der Waals surface area contributed by atoms with Gasteiger partial charge in [-0.3, -0.25) is 0 Å². The lowest BCUT2D eigenvalue weighted by molar-refractivity contribution is 0.252. The second-order valence-corrected chi connectivity index (χ2v) is 6.08. The van der Waals surface area contributed by atoms with Crippen molar-refractivity contribution in [1.29, 1.82) is 0 Å². The average Bonchev–Trinajstić information content (AvgIpc) is 2.66. The summed E-state index contributed by atoms with van der Waals surface area (Å²) in [6.07, 6.45) is 0.976. The van der Waals surface area contributed by atoms with Crippen molar-refractivity contribution in [3.63, 3.8) is 0 Å². The van der Waals surface area contributed by atoms with Crippen LogP contribution >= 0.6 is 0 Å². The van der Waals surface area contributed by atoms with Crippen LogP contribution in [0.4, 0.5) is 0 Å². The fourth-order valence-electron chi connectivity index (χ4n) is 3.47. The number of fused-ring (bicyclic) bond motifs is 2. The number of benzene rings is 3. The van der Waals surface area contributed by atoms with Gasteiger partial charge in [-0.05, 0) is 22.9 Å². The normalized spacial score (nSPS) is 16.5. The maximum atomic E-state index is 5.76. The lowest BCUT2D eigenvalue weighted by Gasteiger charge is -2.27. The number of hydrogen-bond donors (Lipinski definition) is 1. The number of ether oxygens (including phenoxy) is 2. The summed E-state index contributed by atoms with van der Waals surface area (Å²) < 4.78 is 11.4.